The van der Waals surface area contributed by atoms with E-state index in [0.717, 1.165) is 11.1 Å². The number of fused-ring (bicyclic) bond motifs is 1. The molecule has 0 spiro atoms. The van der Waals surface area contributed by atoms with Crippen LogP contribution in [0.25, 0.3) is 6.08 Å². The zero-order valence-electron chi connectivity index (χ0n) is 18.4. The lowest BCUT2D eigenvalue weighted by molar-refractivity contribution is 0.0963. The van der Waals surface area contributed by atoms with Crippen molar-refractivity contribution in [3.05, 3.63) is 82.9 Å². The van der Waals surface area contributed by atoms with Gasteiger partial charge in [-0.15, -0.1) is 0 Å². The van der Waals surface area contributed by atoms with Gasteiger partial charge in [-0.25, -0.2) is 0 Å². The van der Waals surface area contributed by atoms with E-state index in [1.54, 1.807) is 52.7 Å². The molecular weight excluding hydrogens is 408 g/mol. The molecule has 0 fully saturated rings. The minimum Gasteiger partial charge on any atom is -0.493 e. The number of benzene rings is 3. The maximum atomic E-state index is 13.5. The van der Waals surface area contributed by atoms with E-state index in [1.807, 2.05) is 42.5 Å². The second-order valence-electron chi connectivity index (χ2n) is 7.15. The van der Waals surface area contributed by atoms with Crippen molar-refractivity contribution in [1.82, 2.24) is 0 Å². The summed E-state index contributed by atoms with van der Waals surface area (Å²) in [7, 11) is 6.31. The Kier molecular flexibility index (Phi) is 6.03. The summed E-state index contributed by atoms with van der Waals surface area (Å²) in [5.41, 5.74) is 2.59. The second kappa shape index (κ2) is 9.06. The molecule has 0 saturated heterocycles. The van der Waals surface area contributed by atoms with E-state index in [2.05, 4.69) is 0 Å². The smallest absolute Gasteiger partial charge is 0.196 e. The first-order valence-electron chi connectivity index (χ1n) is 10.1. The van der Waals surface area contributed by atoms with Gasteiger partial charge in [-0.2, -0.15) is 0 Å². The molecule has 1 aliphatic heterocycles. The van der Waals surface area contributed by atoms with Gasteiger partial charge in [0.25, 0.3) is 0 Å². The molecule has 1 heterocycles. The quantitative estimate of drug-likeness (QED) is 0.504. The van der Waals surface area contributed by atoms with Crippen LogP contribution in [0.5, 0.6) is 28.7 Å². The fourth-order valence-electron chi connectivity index (χ4n) is 3.75. The number of rotatable bonds is 6. The number of hydrogen-bond acceptors (Lipinski definition) is 6. The van der Waals surface area contributed by atoms with Crippen LogP contribution in [0.2, 0.25) is 0 Å². The van der Waals surface area contributed by atoms with Crippen LogP contribution < -0.4 is 23.7 Å². The van der Waals surface area contributed by atoms with Crippen LogP contribution in [0.4, 0.5) is 0 Å². The minimum absolute atomic E-state index is 0.0959. The molecule has 1 atom stereocenters. The second-order valence-corrected chi connectivity index (χ2v) is 7.15. The number of ketones is 1. The Morgan fingerprint density at radius 2 is 1.38 bits per heavy atom. The van der Waals surface area contributed by atoms with Gasteiger partial charge in [0.2, 0.25) is 0 Å². The number of carbonyl (C=O) groups excluding carboxylic acids is 1. The summed E-state index contributed by atoms with van der Waals surface area (Å²) in [6.45, 7) is 0. The van der Waals surface area contributed by atoms with Crippen LogP contribution in [0.1, 0.15) is 27.6 Å². The van der Waals surface area contributed by atoms with E-state index in [-0.39, 0.29) is 5.78 Å². The highest BCUT2D eigenvalue weighted by atomic mass is 16.5. The summed E-state index contributed by atoms with van der Waals surface area (Å²) in [6.07, 6.45) is 1.20. The van der Waals surface area contributed by atoms with Gasteiger partial charge in [-0.1, -0.05) is 24.3 Å². The summed E-state index contributed by atoms with van der Waals surface area (Å²) in [5, 5.41) is 0. The monoisotopic (exact) mass is 432 g/mol. The average molecular weight is 432 g/mol. The predicted octanol–water partition coefficient (Wildman–Crippen LogP) is 5.12. The molecule has 0 bridgehead atoms. The summed E-state index contributed by atoms with van der Waals surface area (Å²) < 4.78 is 27.9. The maximum Gasteiger partial charge on any atom is 0.196 e. The SMILES string of the molecule is COc1ccc(/C=C2\C(=O)c3ccccc3OC2c2ccc(OC)c(OC)c2)cc1OC. The Hall–Kier alpha value is -3.93. The molecule has 4 rings (SSSR count). The van der Waals surface area contributed by atoms with Crippen LogP contribution in [-0.4, -0.2) is 34.2 Å². The summed E-state index contributed by atoms with van der Waals surface area (Å²) in [4.78, 5) is 13.5. The number of hydrogen-bond donors (Lipinski definition) is 0. The van der Waals surface area contributed by atoms with Crippen LogP contribution >= 0.6 is 0 Å². The molecule has 1 unspecified atom stereocenters. The van der Waals surface area contributed by atoms with Gasteiger partial charge in [-0.05, 0) is 48.0 Å². The lowest BCUT2D eigenvalue weighted by atomic mass is 9.89. The van der Waals surface area contributed by atoms with Gasteiger partial charge in [0.15, 0.2) is 34.9 Å². The zero-order valence-corrected chi connectivity index (χ0v) is 18.4. The molecule has 6 nitrogen and oxygen atoms in total. The number of methoxy groups -OCH3 is 4. The summed E-state index contributed by atoms with van der Waals surface area (Å²) in [5.74, 6) is 2.80. The van der Waals surface area contributed by atoms with E-state index in [4.69, 9.17) is 23.7 Å². The first-order chi connectivity index (χ1) is 15.6. The van der Waals surface area contributed by atoms with Crippen molar-refractivity contribution in [1.29, 1.82) is 0 Å². The largest absolute Gasteiger partial charge is 0.493 e. The third-order valence-electron chi connectivity index (χ3n) is 5.36. The van der Waals surface area contributed by atoms with Crippen molar-refractivity contribution in [2.24, 2.45) is 0 Å². The average Bonchev–Trinajstić information content (AvgIpc) is 2.85. The third kappa shape index (κ3) is 3.87. The molecule has 6 heteroatoms. The van der Waals surface area contributed by atoms with E-state index < -0.39 is 6.10 Å². The van der Waals surface area contributed by atoms with Crippen LogP contribution in [0.3, 0.4) is 0 Å². The van der Waals surface area contributed by atoms with Gasteiger partial charge < -0.3 is 23.7 Å². The highest BCUT2D eigenvalue weighted by Crippen LogP contribution is 2.41. The summed E-state index contributed by atoms with van der Waals surface area (Å²) in [6, 6.07) is 18.2. The van der Waals surface area contributed by atoms with Crippen molar-refractivity contribution in [3.63, 3.8) is 0 Å². The van der Waals surface area contributed by atoms with Crippen molar-refractivity contribution >= 4 is 11.9 Å². The topological polar surface area (TPSA) is 63.2 Å². The predicted molar refractivity (Wildman–Crippen MR) is 121 cm³/mol. The Labute approximate surface area is 186 Å². The molecule has 32 heavy (non-hydrogen) atoms. The number of ether oxygens (including phenoxy) is 5. The Morgan fingerprint density at radius 3 is 2.06 bits per heavy atom. The molecule has 3 aromatic carbocycles. The standard InChI is InChI=1S/C26H24O6/c1-28-21-11-9-16(14-23(21)30-3)13-19-25(27)18-7-5-6-8-20(18)32-26(19)17-10-12-22(29-2)24(15-17)31-4/h5-15,26H,1-4H3/b19-13+. The third-order valence-corrected chi connectivity index (χ3v) is 5.36. The van der Waals surface area contributed by atoms with E-state index in [0.29, 0.717) is 39.9 Å². The molecule has 164 valence electrons. The van der Waals surface area contributed by atoms with Gasteiger partial charge in [-0.3, -0.25) is 4.79 Å². The lowest BCUT2D eigenvalue weighted by Gasteiger charge is -2.28. The Morgan fingerprint density at radius 1 is 0.750 bits per heavy atom. The molecule has 0 N–H and O–H groups in total. The minimum atomic E-state index is -0.620. The van der Waals surface area contributed by atoms with Crippen LogP contribution in [0.15, 0.2) is 66.2 Å². The molecule has 0 aliphatic carbocycles. The first kappa shape index (κ1) is 21.3. The lowest BCUT2D eigenvalue weighted by Crippen LogP contribution is -2.23. The van der Waals surface area contributed by atoms with Gasteiger partial charge >= 0.3 is 0 Å². The van der Waals surface area contributed by atoms with Gasteiger partial charge in [0.05, 0.1) is 34.0 Å². The Balaban J connectivity index is 1.85. The molecule has 0 aromatic heterocycles. The van der Waals surface area contributed by atoms with Crippen molar-refractivity contribution in [2.45, 2.75) is 6.10 Å². The Bertz CT molecular complexity index is 1180. The molecule has 0 radical (unpaired) electrons. The molecule has 3 aromatic rings. The van der Waals surface area contributed by atoms with Gasteiger partial charge in [0.1, 0.15) is 5.75 Å². The van der Waals surface area contributed by atoms with Crippen LogP contribution in [0, 0.1) is 0 Å². The summed E-state index contributed by atoms with van der Waals surface area (Å²) >= 11 is 0. The fraction of sp³-hybridized carbons (Fsp3) is 0.192. The van der Waals surface area contributed by atoms with E-state index in [9.17, 15) is 4.79 Å². The van der Waals surface area contributed by atoms with Crippen molar-refractivity contribution in [3.8, 4) is 28.7 Å². The van der Waals surface area contributed by atoms with E-state index in [1.165, 1.54) is 0 Å². The van der Waals surface area contributed by atoms with Gasteiger partial charge in [0, 0.05) is 11.1 Å². The van der Waals surface area contributed by atoms with Crippen LogP contribution in [-0.2, 0) is 0 Å². The van der Waals surface area contributed by atoms with Crippen molar-refractivity contribution in [2.75, 3.05) is 28.4 Å². The molecule has 1 aliphatic rings. The van der Waals surface area contributed by atoms with E-state index >= 15 is 0 Å². The maximum absolute atomic E-state index is 13.5. The highest BCUT2D eigenvalue weighted by molar-refractivity contribution is 6.14. The van der Waals surface area contributed by atoms with Crippen molar-refractivity contribution < 1.29 is 28.5 Å². The zero-order chi connectivity index (χ0) is 22.7. The number of para-hydroxylation sites is 1. The highest BCUT2D eigenvalue weighted by Gasteiger charge is 2.33. The molecule has 0 amide bonds. The fourth-order valence-corrected chi connectivity index (χ4v) is 3.75. The molecule has 0 saturated carbocycles. The number of Topliss-reactive ketones (excluding diaryl/α,β-unsaturated/α-hetero) is 1. The first-order valence-corrected chi connectivity index (χ1v) is 10.1. The molecular formula is C26H24O6. The number of carbonyl (C=O) groups is 1. The normalized spacial score (nSPS) is 16.2.